The predicted molar refractivity (Wildman–Crippen MR) is 88.1 cm³/mol. The first-order chi connectivity index (χ1) is 10.9. The number of amides is 1. The molecule has 0 atom stereocenters. The molecule has 1 aromatic carbocycles. The first kappa shape index (κ1) is 17.9. The Morgan fingerprint density at radius 3 is 2.48 bits per heavy atom. The van der Waals surface area contributed by atoms with Crippen LogP contribution < -0.4 is 5.32 Å². The maximum absolute atomic E-state index is 13.1. The van der Waals surface area contributed by atoms with E-state index in [4.69, 9.17) is 0 Å². The Labute approximate surface area is 136 Å². The highest BCUT2D eigenvalue weighted by Gasteiger charge is 2.29. The summed E-state index contributed by atoms with van der Waals surface area (Å²) in [5.41, 5.74) is 0.323. The van der Waals surface area contributed by atoms with E-state index in [-0.39, 0.29) is 12.6 Å². The summed E-state index contributed by atoms with van der Waals surface area (Å²) in [7, 11) is -3.48. The first-order valence-electron chi connectivity index (χ1n) is 7.88. The summed E-state index contributed by atoms with van der Waals surface area (Å²) >= 11 is 0. The highest BCUT2D eigenvalue weighted by atomic mass is 32.2. The highest BCUT2D eigenvalue weighted by Crippen LogP contribution is 2.23. The molecule has 1 aromatic rings. The number of halogens is 1. The summed E-state index contributed by atoms with van der Waals surface area (Å²) in [5.74, 6) is -0.906. The van der Waals surface area contributed by atoms with Crippen molar-refractivity contribution in [3.63, 3.8) is 0 Å². The lowest BCUT2D eigenvalue weighted by Gasteiger charge is -2.28. The van der Waals surface area contributed by atoms with Gasteiger partial charge in [0.2, 0.25) is 15.9 Å². The third-order valence-electron chi connectivity index (χ3n) is 4.07. The molecule has 5 nitrogen and oxygen atoms in total. The van der Waals surface area contributed by atoms with Gasteiger partial charge in [0.15, 0.2) is 0 Å². The van der Waals surface area contributed by atoms with Gasteiger partial charge in [0, 0.05) is 11.7 Å². The van der Waals surface area contributed by atoms with Gasteiger partial charge >= 0.3 is 0 Å². The van der Waals surface area contributed by atoms with Crippen LogP contribution in [0, 0.1) is 5.82 Å². The Kier molecular flexibility index (Phi) is 6.12. The largest absolute Gasteiger partial charge is 0.325 e. The number of carbonyl (C=O) groups is 1. The third kappa shape index (κ3) is 5.58. The van der Waals surface area contributed by atoms with Crippen LogP contribution in [-0.4, -0.2) is 37.5 Å². The molecule has 0 bridgehead atoms. The highest BCUT2D eigenvalue weighted by molar-refractivity contribution is 7.88. The topological polar surface area (TPSA) is 66.5 Å². The molecule has 128 valence electrons. The number of sulfonamides is 1. The zero-order chi connectivity index (χ0) is 16.9. The molecule has 0 saturated heterocycles. The van der Waals surface area contributed by atoms with Crippen molar-refractivity contribution in [2.24, 2.45) is 0 Å². The molecule has 1 aliphatic carbocycles. The van der Waals surface area contributed by atoms with Crippen LogP contribution in [0.3, 0.4) is 0 Å². The fourth-order valence-corrected chi connectivity index (χ4v) is 4.08. The SMILES string of the molecule is CS(=O)(=O)N(CC(=O)Nc1cccc(F)c1)C1CCCCCC1. The maximum atomic E-state index is 13.1. The minimum absolute atomic E-state index is 0.134. The molecular formula is C16H23FN2O3S. The minimum Gasteiger partial charge on any atom is -0.325 e. The average molecular weight is 342 g/mol. The Morgan fingerprint density at radius 2 is 1.91 bits per heavy atom. The van der Waals surface area contributed by atoms with Crippen molar-refractivity contribution in [1.29, 1.82) is 0 Å². The Balaban J connectivity index is 2.06. The lowest BCUT2D eigenvalue weighted by molar-refractivity contribution is -0.116. The molecule has 1 saturated carbocycles. The molecule has 1 aliphatic rings. The average Bonchev–Trinajstić information content (AvgIpc) is 2.72. The Morgan fingerprint density at radius 1 is 1.26 bits per heavy atom. The minimum atomic E-state index is -3.48. The summed E-state index contributed by atoms with van der Waals surface area (Å²) < 4.78 is 38.6. The monoisotopic (exact) mass is 342 g/mol. The molecule has 23 heavy (non-hydrogen) atoms. The third-order valence-corrected chi connectivity index (χ3v) is 5.34. The number of benzene rings is 1. The number of nitrogens with one attached hydrogen (secondary N) is 1. The van der Waals surface area contributed by atoms with E-state index < -0.39 is 21.7 Å². The lowest BCUT2D eigenvalue weighted by Crippen LogP contribution is -2.44. The Hall–Kier alpha value is -1.47. The molecule has 0 aliphatic heterocycles. The molecule has 1 fully saturated rings. The van der Waals surface area contributed by atoms with Crippen molar-refractivity contribution in [3.05, 3.63) is 30.1 Å². The van der Waals surface area contributed by atoms with Gasteiger partial charge in [0.1, 0.15) is 5.82 Å². The van der Waals surface area contributed by atoms with Gasteiger partial charge in [-0.2, -0.15) is 4.31 Å². The number of carbonyl (C=O) groups excluding carboxylic acids is 1. The summed E-state index contributed by atoms with van der Waals surface area (Å²) in [6.07, 6.45) is 6.84. The summed E-state index contributed by atoms with van der Waals surface area (Å²) in [5, 5.41) is 2.55. The van der Waals surface area contributed by atoms with Crippen LogP contribution in [-0.2, 0) is 14.8 Å². The second-order valence-corrected chi connectivity index (χ2v) is 7.95. The summed E-state index contributed by atoms with van der Waals surface area (Å²) in [6.45, 7) is -0.236. The van der Waals surface area contributed by atoms with Gasteiger partial charge in [-0.05, 0) is 31.0 Å². The van der Waals surface area contributed by atoms with Gasteiger partial charge in [-0.25, -0.2) is 12.8 Å². The molecule has 1 N–H and O–H groups in total. The fraction of sp³-hybridized carbons (Fsp3) is 0.562. The van der Waals surface area contributed by atoms with Crippen molar-refractivity contribution < 1.29 is 17.6 Å². The van der Waals surface area contributed by atoms with Gasteiger partial charge < -0.3 is 5.32 Å². The summed E-state index contributed by atoms with van der Waals surface area (Å²) in [6, 6.07) is 5.41. The van der Waals surface area contributed by atoms with E-state index in [9.17, 15) is 17.6 Å². The number of hydrogen-bond donors (Lipinski definition) is 1. The lowest BCUT2D eigenvalue weighted by atomic mass is 10.1. The number of hydrogen-bond acceptors (Lipinski definition) is 3. The van der Waals surface area contributed by atoms with Gasteiger partial charge in [-0.15, -0.1) is 0 Å². The molecule has 2 rings (SSSR count). The molecule has 1 amide bonds. The van der Waals surface area contributed by atoms with E-state index in [0.717, 1.165) is 44.8 Å². The van der Waals surface area contributed by atoms with E-state index in [1.165, 1.54) is 22.5 Å². The van der Waals surface area contributed by atoms with E-state index in [1.54, 1.807) is 6.07 Å². The van der Waals surface area contributed by atoms with E-state index in [1.807, 2.05) is 0 Å². The van der Waals surface area contributed by atoms with Crippen LogP contribution in [0.2, 0.25) is 0 Å². The van der Waals surface area contributed by atoms with E-state index >= 15 is 0 Å². The second kappa shape index (κ2) is 7.88. The standard InChI is InChI=1S/C16H23FN2O3S/c1-23(21,22)19(15-9-4-2-3-5-10-15)12-16(20)18-14-8-6-7-13(17)11-14/h6-8,11,15H,2-5,9-10,12H2,1H3,(H,18,20). The molecule has 7 heteroatoms. The van der Waals surface area contributed by atoms with Crippen molar-refractivity contribution >= 4 is 21.6 Å². The van der Waals surface area contributed by atoms with Crippen LogP contribution in [0.15, 0.2) is 24.3 Å². The van der Waals surface area contributed by atoms with Crippen LogP contribution in [0.1, 0.15) is 38.5 Å². The number of nitrogens with zero attached hydrogens (tertiary/aromatic N) is 1. The molecule has 0 spiro atoms. The maximum Gasteiger partial charge on any atom is 0.239 e. The molecule has 0 heterocycles. The molecule has 0 aromatic heterocycles. The smallest absolute Gasteiger partial charge is 0.239 e. The molecular weight excluding hydrogens is 319 g/mol. The van der Waals surface area contributed by atoms with Crippen molar-refractivity contribution in [3.8, 4) is 0 Å². The van der Waals surface area contributed by atoms with Crippen molar-refractivity contribution in [2.75, 3.05) is 18.1 Å². The normalized spacial score (nSPS) is 17.0. The second-order valence-electron chi connectivity index (χ2n) is 6.01. The first-order valence-corrected chi connectivity index (χ1v) is 9.73. The van der Waals surface area contributed by atoms with Crippen molar-refractivity contribution in [2.45, 2.75) is 44.6 Å². The number of anilines is 1. The fourth-order valence-electron chi connectivity index (χ4n) is 2.97. The van der Waals surface area contributed by atoms with Gasteiger partial charge in [0.05, 0.1) is 12.8 Å². The molecule has 0 unspecified atom stereocenters. The van der Waals surface area contributed by atoms with Gasteiger partial charge in [-0.3, -0.25) is 4.79 Å². The zero-order valence-electron chi connectivity index (χ0n) is 13.3. The summed E-state index contributed by atoms with van der Waals surface area (Å²) in [4.78, 5) is 12.2. The van der Waals surface area contributed by atoms with Crippen LogP contribution in [0.25, 0.3) is 0 Å². The quantitative estimate of drug-likeness (QED) is 0.837. The van der Waals surface area contributed by atoms with Gasteiger partial charge in [0.25, 0.3) is 0 Å². The Bertz CT molecular complexity index is 640. The van der Waals surface area contributed by atoms with Crippen LogP contribution >= 0.6 is 0 Å². The predicted octanol–water partition coefficient (Wildman–Crippen LogP) is 2.75. The van der Waals surface area contributed by atoms with Crippen LogP contribution in [0.4, 0.5) is 10.1 Å². The van der Waals surface area contributed by atoms with Crippen molar-refractivity contribution in [1.82, 2.24) is 4.31 Å². The number of rotatable bonds is 5. The van der Waals surface area contributed by atoms with Gasteiger partial charge in [-0.1, -0.05) is 31.7 Å². The van der Waals surface area contributed by atoms with Crippen LogP contribution in [0.5, 0.6) is 0 Å². The van der Waals surface area contributed by atoms with E-state index in [0.29, 0.717) is 5.69 Å². The van der Waals surface area contributed by atoms with E-state index in [2.05, 4.69) is 5.32 Å². The zero-order valence-corrected chi connectivity index (χ0v) is 14.1. The molecule has 0 radical (unpaired) electrons.